The van der Waals surface area contributed by atoms with Crippen molar-refractivity contribution < 1.29 is 4.79 Å². The minimum atomic E-state index is -0.306. The lowest BCUT2D eigenvalue weighted by atomic mass is 10.2. The highest BCUT2D eigenvalue weighted by molar-refractivity contribution is 7.99. The molecule has 0 atom stereocenters. The summed E-state index contributed by atoms with van der Waals surface area (Å²) in [6.45, 7) is 4.07. The molecule has 0 aromatic carbocycles. The first kappa shape index (κ1) is 20.4. The number of carbonyl (C=O) groups is 1. The summed E-state index contributed by atoms with van der Waals surface area (Å²) >= 11 is 14.6. The average Bonchev–Trinajstić information content (AvgIpc) is 3.25. The Balaban J connectivity index is 1.58. The van der Waals surface area contributed by atoms with E-state index in [9.17, 15) is 9.59 Å². The van der Waals surface area contributed by atoms with Crippen LogP contribution in [0, 0.1) is 0 Å². The zero-order chi connectivity index (χ0) is 20.5. The number of halogens is 2. The molecular weight excluding hydrogens is 451 g/mol. The summed E-state index contributed by atoms with van der Waals surface area (Å²) in [5.74, 6) is -0.0102. The first-order valence-electron chi connectivity index (χ1n) is 8.87. The molecule has 10 heteroatoms. The highest BCUT2D eigenvalue weighted by Gasteiger charge is 2.23. The van der Waals surface area contributed by atoms with Gasteiger partial charge < -0.3 is 5.32 Å². The third kappa shape index (κ3) is 4.07. The maximum absolute atomic E-state index is 13.1. The van der Waals surface area contributed by atoms with Crippen LogP contribution in [0.25, 0.3) is 10.2 Å². The third-order valence-corrected chi connectivity index (χ3v) is 7.16. The van der Waals surface area contributed by atoms with Crippen molar-refractivity contribution in [1.82, 2.24) is 14.5 Å². The smallest absolute Gasteiger partial charge is 0.263 e. The summed E-state index contributed by atoms with van der Waals surface area (Å²) < 4.78 is 1.58. The summed E-state index contributed by atoms with van der Waals surface area (Å²) in [4.78, 5) is 36.1. The van der Waals surface area contributed by atoms with E-state index in [-0.39, 0.29) is 28.1 Å². The van der Waals surface area contributed by atoms with E-state index < -0.39 is 0 Å². The van der Waals surface area contributed by atoms with Crippen LogP contribution in [-0.2, 0) is 24.2 Å². The van der Waals surface area contributed by atoms with Crippen molar-refractivity contribution in [1.29, 1.82) is 0 Å². The van der Waals surface area contributed by atoms with Crippen LogP contribution in [0.5, 0.6) is 0 Å². The van der Waals surface area contributed by atoms with Crippen molar-refractivity contribution >= 4 is 68.2 Å². The Kier molecular flexibility index (Phi) is 5.96. The molecule has 4 rings (SSSR count). The number of rotatable bonds is 6. The van der Waals surface area contributed by atoms with Gasteiger partial charge in [-0.15, -0.1) is 17.9 Å². The van der Waals surface area contributed by atoms with Crippen LogP contribution in [-0.4, -0.2) is 26.2 Å². The maximum atomic E-state index is 13.1. The molecule has 0 saturated heterocycles. The molecule has 1 N–H and O–H groups in total. The lowest BCUT2D eigenvalue weighted by molar-refractivity contribution is -0.113. The van der Waals surface area contributed by atoms with Gasteiger partial charge in [0.05, 0.1) is 21.2 Å². The van der Waals surface area contributed by atoms with Crippen LogP contribution in [0.1, 0.15) is 16.9 Å². The Bertz CT molecular complexity index is 1190. The minimum Gasteiger partial charge on any atom is -0.309 e. The van der Waals surface area contributed by atoms with Crippen LogP contribution >= 0.6 is 46.3 Å². The van der Waals surface area contributed by atoms with E-state index in [4.69, 9.17) is 23.2 Å². The number of nitrogens with one attached hydrogen (secondary N) is 1. The van der Waals surface area contributed by atoms with Gasteiger partial charge in [-0.05, 0) is 30.9 Å². The van der Waals surface area contributed by atoms with Crippen molar-refractivity contribution in [3.05, 3.63) is 55.8 Å². The molecule has 1 aliphatic carbocycles. The predicted molar refractivity (Wildman–Crippen MR) is 120 cm³/mol. The highest BCUT2D eigenvalue weighted by atomic mass is 35.5. The number of anilines is 1. The SMILES string of the molecule is C=CCn1c(SCC(=O)Nc2ncc(Cl)cc2Cl)nc2sc3c(c2c1=O)CCC3. The first-order chi connectivity index (χ1) is 14.0. The van der Waals surface area contributed by atoms with E-state index in [0.29, 0.717) is 16.7 Å². The molecule has 29 heavy (non-hydrogen) atoms. The van der Waals surface area contributed by atoms with Crippen LogP contribution in [0.2, 0.25) is 10.0 Å². The predicted octanol–water partition coefficient (Wildman–Crippen LogP) is 4.57. The molecule has 0 bridgehead atoms. The Morgan fingerprint density at radius 1 is 1.41 bits per heavy atom. The Morgan fingerprint density at radius 2 is 2.24 bits per heavy atom. The molecule has 0 radical (unpaired) electrons. The Labute approximate surface area is 185 Å². The van der Waals surface area contributed by atoms with E-state index in [2.05, 4.69) is 21.9 Å². The van der Waals surface area contributed by atoms with Gasteiger partial charge in [0, 0.05) is 17.6 Å². The largest absolute Gasteiger partial charge is 0.309 e. The monoisotopic (exact) mass is 466 g/mol. The molecule has 0 spiro atoms. The van der Waals surface area contributed by atoms with Crippen molar-refractivity contribution in [3.8, 4) is 0 Å². The molecule has 3 heterocycles. The number of amides is 1. The summed E-state index contributed by atoms with van der Waals surface area (Å²) in [7, 11) is 0. The van der Waals surface area contributed by atoms with Crippen LogP contribution in [0.15, 0.2) is 34.9 Å². The first-order valence-corrected chi connectivity index (χ1v) is 11.4. The van der Waals surface area contributed by atoms with Gasteiger partial charge in [0.25, 0.3) is 5.56 Å². The highest BCUT2D eigenvalue weighted by Crippen LogP contribution is 2.35. The van der Waals surface area contributed by atoms with Crippen LogP contribution in [0.4, 0.5) is 5.82 Å². The number of aryl methyl sites for hydroxylation is 2. The second kappa shape index (κ2) is 8.47. The van der Waals surface area contributed by atoms with Gasteiger partial charge in [0.2, 0.25) is 5.91 Å². The van der Waals surface area contributed by atoms with Gasteiger partial charge in [0.15, 0.2) is 11.0 Å². The van der Waals surface area contributed by atoms with E-state index >= 15 is 0 Å². The van der Waals surface area contributed by atoms with E-state index in [1.54, 1.807) is 22.0 Å². The number of carbonyl (C=O) groups excluding carboxylic acids is 1. The number of thiophene rings is 1. The fraction of sp³-hybridized carbons (Fsp3) is 0.263. The van der Waals surface area contributed by atoms with Crippen LogP contribution in [0.3, 0.4) is 0 Å². The number of allylic oxidation sites excluding steroid dienone is 1. The molecule has 0 aliphatic heterocycles. The van der Waals surface area contributed by atoms with Gasteiger partial charge in [-0.3, -0.25) is 14.2 Å². The zero-order valence-corrected chi connectivity index (χ0v) is 18.4. The molecule has 0 fully saturated rings. The average molecular weight is 467 g/mol. The fourth-order valence-corrected chi connectivity index (χ4v) is 5.80. The third-order valence-electron chi connectivity index (χ3n) is 4.50. The van der Waals surface area contributed by atoms with Gasteiger partial charge >= 0.3 is 0 Å². The van der Waals surface area contributed by atoms with Gasteiger partial charge in [0.1, 0.15) is 4.83 Å². The van der Waals surface area contributed by atoms with Gasteiger partial charge in [-0.1, -0.05) is 41.0 Å². The van der Waals surface area contributed by atoms with Crippen molar-refractivity contribution in [2.75, 3.05) is 11.1 Å². The quantitative estimate of drug-likeness (QED) is 0.327. The lowest BCUT2D eigenvalue weighted by Gasteiger charge is -2.11. The molecule has 3 aromatic heterocycles. The normalized spacial score (nSPS) is 12.9. The number of fused-ring (bicyclic) bond motifs is 3. The summed E-state index contributed by atoms with van der Waals surface area (Å²) in [5, 5.41) is 4.50. The molecule has 0 saturated carbocycles. The molecule has 1 aliphatic rings. The summed E-state index contributed by atoms with van der Waals surface area (Å²) in [5.41, 5.74) is 1.07. The number of nitrogens with zero attached hydrogens (tertiary/aromatic N) is 3. The van der Waals surface area contributed by atoms with Gasteiger partial charge in [-0.2, -0.15) is 0 Å². The molecule has 3 aromatic rings. The second-order valence-electron chi connectivity index (χ2n) is 6.46. The number of hydrogen-bond acceptors (Lipinski definition) is 6. The zero-order valence-electron chi connectivity index (χ0n) is 15.2. The lowest BCUT2D eigenvalue weighted by Crippen LogP contribution is -2.24. The summed E-state index contributed by atoms with van der Waals surface area (Å²) in [6.07, 6.45) is 6.06. The topological polar surface area (TPSA) is 76.9 Å². The number of pyridine rings is 1. The van der Waals surface area contributed by atoms with E-state index in [1.807, 2.05) is 0 Å². The molecule has 0 unspecified atom stereocenters. The van der Waals surface area contributed by atoms with E-state index in [0.717, 1.165) is 35.0 Å². The fourth-order valence-electron chi connectivity index (χ4n) is 3.26. The molecular formula is C19H16Cl2N4O2S2. The van der Waals surface area contributed by atoms with Gasteiger partial charge in [-0.25, -0.2) is 9.97 Å². The van der Waals surface area contributed by atoms with Crippen molar-refractivity contribution in [2.45, 2.75) is 31.0 Å². The number of hydrogen-bond donors (Lipinski definition) is 1. The molecule has 6 nitrogen and oxygen atoms in total. The molecule has 150 valence electrons. The maximum Gasteiger partial charge on any atom is 0.263 e. The Morgan fingerprint density at radius 3 is 3.00 bits per heavy atom. The minimum absolute atomic E-state index is 0.0564. The summed E-state index contributed by atoms with van der Waals surface area (Å²) in [6, 6.07) is 1.51. The van der Waals surface area contributed by atoms with E-state index in [1.165, 1.54) is 28.9 Å². The van der Waals surface area contributed by atoms with Crippen molar-refractivity contribution in [2.24, 2.45) is 0 Å². The number of thioether (sulfide) groups is 1. The van der Waals surface area contributed by atoms with Crippen LogP contribution < -0.4 is 10.9 Å². The second-order valence-corrected chi connectivity index (χ2v) is 9.33. The standard InChI is InChI=1S/C19H16Cl2N4O2S2/c1-2-6-25-18(27)15-11-4-3-5-13(11)29-17(15)24-19(25)28-9-14(26)23-16-12(21)7-10(20)8-22-16/h2,7-8H,1,3-6,9H2,(H,22,23,26). The molecule has 1 amide bonds. The number of aromatic nitrogens is 3. The Hall–Kier alpha value is -1.87. The van der Waals surface area contributed by atoms with Crippen molar-refractivity contribution in [3.63, 3.8) is 0 Å².